The second-order valence-corrected chi connectivity index (χ2v) is 17.8. The van der Waals surface area contributed by atoms with Crippen LogP contribution in [0.1, 0.15) is 36.5 Å². The molecule has 336 valence electrons. The van der Waals surface area contributed by atoms with Gasteiger partial charge >= 0.3 is 13.8 Å². The Morgan fingerprint density at radius 2 is 1.31 bits per heavy atom. The summed E-state index contributed by atoms with van der Waals surface area (Å²) in [6.45, 7) is 1.77. The molecule has 18 heteroatoms. The van der Waals surface area contributed by atoms with E-state index in [0.29, 0.717) is 29.7 Å². The van der Waals surface area contributed by atoms with E-state index in [2.05, 4.69) is 25.8 Å². The highest BCUT2D eigenvalue weighted by Gasteiger charge is 2.45. The minimum absolute atomic E-state index is 0.0280. The molecule has 5 aromatic carbocycles. The lowest BCUT2D eigenvalue weighted by molar-refractivity contribution is -0.143. The smallest absolute Gasteiger partial charge is 0.480 e. The molecule has 5 aromatic rings. The van der Waals surface area contributed by atoms with Crippen LogP contribution >= 0.6 is 19.6 Å². The number of hydrogen-bond acceptors (Lipinski definition) is 9. The van der Waals surface area contributed by atoms with Crippen molar-refractivity contribution in [1.82, 2.24) is 26.2 Å². The molecule has 16 nitrogen and oxygen atoms in total. The molecular weight excluding hydrogens is 862 g/mol. The predicted molar refractivity (Wildman–Crippen MR) is 242 cm³/mol. The van der Waals surface area contributed by atoms with Gasteiger partial charge in [-0.15, -0.1) is 0 Å². The second kappa shape index (κ2) is 21.4. The SMILES string of the molecule is CSCC[C@H](NC=O)C(=O)N[C@H]1CC(C)N(C(Cc2ccc3ccccc3c2)C(=O)NC(Cc2ccc3ccccc3c2)C(=O)NC(Cc2ccc(OP(=O)(O)O)cc2)C(=O)O)C1=O. The van der Waals surface area contributed by atoms with Gasteiger partial charge < -0.3 is 35.8 Å². The molecule has 64 heavy (non-hydrogen) atoms. The Kier molecular flexibility index (Phi) is 15.8. The lowest BCUT2D eigenvalue weighted by Gasteiger charge is -2.32. The number of aliphatic carboxylic acids is 1. The van der Waals surface area contributed by atoms with Crippen molar-refractivity contribution < 1.29 is 52.7 Å². The van der Waals surface area contributed by atoms with E-state index in [0.717, 1.165) is 27.1 Å². The summed E-state index contributed by atoms with van der Waals surface area (Å²) in [6, 6.07) is 25.4. The number of carbonyl (C=O) groups excluding carboxylic acids is 5. The van der Waals surface area contributed by atoms with E-state index in [1.165, 1.54) is 40.9 Å². The van der Waals surface area contributed by atoms with Crippen molar-refractivity contribution in [2.24, 2.45) is 0 Å². The minimum Gasteiger partial charge on any atom is -0.480 e. The molecule has 6 atom stereocenters. The lowest BCUT2D eigenvalue weighted by atomic mass is 9.98. The van der Waals surface area contributed by atoms with E-state index in [1.807, 2.05) is 91.2 Å². The number of rotatable bonds is 21. The summed E-state index contributed by atoms with van der Waals surface area (Å²) in [6.07, 6.45) is 2.54. The molecule has 0 aromatic heterocycles. The fourth-order valence-corrected chi connectivity index (χ4v) is 8.80. The number of nitrogens with one attached hydrogen (secondary N) is 4. The Hall–Kier alpha value is -6.26. The number of carboxylic acid groups (broad SMARTS) is 1. The van der Waals surface area contributed by atoms with E-state index >= 15 is 0 Å². The number of carbonyl (C=O) groups is 6. The largest absolute Gasteiger partial charge is 0.524 e. The summed E-state index contributed by atoms with van der Waals surface area (Å²) >= 11 is 1.50. The van der Waals surface area contributed by atoms with Crippen molar-refractivity contribution in [2.45, 2.75) is 75.3 Å². The van der Waals surface area contributed by atoms with Gasteiger partial charge in [-0.2, -0.15) is 11.8 Å². The molecule has 0 spiro atoms. The number of nitrogens with zero attached hydrogens (tertiary/aromatic N) is 1. The molecule has 0 aliphatic carbocycles. The number of hydrogen-bond donors (Lipinski definition) is 7. The number of likely N-dealkylation sites (tertiary alicyclic amines) is 1. The first-order chi connectivity index (χ1) is 30.6. The van der Waals surface area contributed by atoms with Crippen LogP contribution in [0.25, 0.3) is 21.5 Å². The van der Waals surface area contributed by atoms with Crippen LogP contribution in [0.15, 0.2) is 109 Å². The van der Waals surface area contributed by atoms with E-state index in [4.69, 9.17) is 9.79 Å². The zero-order valence-electron chi connectivity index (χ0n) is 35.1. The van der Waals surface area contributed by atoms with Crippen LogP contribution in [0, 0.1) is 0 Å². The molecular formula is C46H50N5O11PS. The fourth-order valence-electron chi connectivity index (χ4n) is 7.93. The second-order valence-electron chi connectivity index (χ2n) is 15.7. The molecule has 6 rings (SSSR count). The Morgan fingerprint density at radius 3 is 1.88 bits per heavy atom. The number of benzene rings is 5. The maximum Gasteiger partial charge on any atom is 0.524 e. The Morgan fingerprint density at radius 1 is 0.766 bits per heavy atom. The quantitative estimate of drug-likeness (QED) is 0.0410. The first-order valence-corrected chi connectivity index (χ1v) is 23.5. The van der Waals surface area contributed by atoms with Crippen LogP contribution < -0.4 is 25.8 Å². The van der Waals surface area contributed by atoms with Crippen LogP contribution in [0.2, 0.25) is 0 Å². The fraction of sp³-hybridized carbons (Fsp3) is 0.304. The highest BCUT2D eigenvalue weighted by atomic mass is 32.2. The van der Waals surface area contributed by atoms with Crippen LogP contribution in [-0.2, 0) is 52.6 Å². The summed E-state index contributed by atoms with van der Waals surface area (Å²) in [4.78, 5) is 101. The van der Waals surface area contributed by atoms with Crippen molar-refractivity contribution in [3.8, 4) is 5.75 Å². The van der Waals surface area contributed by atoms with Crippen molar-refractivity contribution in [1.29, 1.82) is 0 Å². The molecule has 7 N–H and O–H groups in total. The molecule has 1 fully saturated rings. The first-order valence-electron chi connectivity index (χ1n) is 20.6. The lowest BCUT2D eigenvalue weighted by Crippen LogP contribution is -2.59. The van der Waals surface area contributed by atoms with Gasteiger partial charge in [-0.25, -0.2) is 9.36 Å². The average molecular weight is 912 g/mol. The molecule has 0 radical (unpaired) electrons. The number of phosphoric acid groups is 1. The van der Waals surface area contributed by atoms with Crippen LogP contribution in [0.3, 0.4) is 0 Å². The van der Waals surface area contributed by atoms with Crippen LogP contribution in [0.4, 0.5) is 0 Å². The Labute approximate surface area is 373 Å². The normalized spacial score (nSPS) is 16.9. The number of carboxylic acids is 1. The highest BCUT2D eigenvalue weighted by Crippen LogP contribution is 2.37. The van der Waals surface area contributed by atoms with E-state index in [-0.39, 0.29) is 31.4 Å². The summed E-state index contributed by atoms with van der Waals surface area (Å²) < 4.78 is 15.9. The molecule has 0 bridgehead atoms. The third-order valence-corrected chi connectivity index (χ3v) is 12.2. The summed E-state index contributed by atoms with van der Waals surface area (Å²) in [5.74, 6) is -3.49. The van der Waals surface area contributed by atoms with Gasteiger partial charge in [0.05, 0.1) is 0 Å². The third-order valence-electron chi connectivity index (χ3n) is 11.1. The van der Waals surface area contributed by atoms with E-state index < -0.39 is 73.7 Å². The molecule has 1 aliphatic rings. The molecule has 1 aliphatic heterocycles. The van der Waals surface area contributed by atoms with Gasteiger partial charge in [0.15, 0.2) is 0 Å². The number of fused-ring (bicyclic) bond motifs is 2. The van der Waals surface area contributed by atoms with Gasteiger partial charge in [0.2, 0.25) is 30.0 Å². The van der Waals surface area contributed by atoms with Crippen LogP contribution in [-0.4, -0.2) is 104 Å². The van der Waals surface area contributed by atoms with E-state index in [1.54, 1.807) is 6.92 Å². The van der Waals surface area contributed by atoms with Gasteiger partial charge in [-0.1, -0.05) is 97.1 Å². The summed E-state index contributed by atoms with van der Waals surface area (Å²) in [5, 5.41) is 24.7. The van der Waals surface area contributed by atoms with Crippen molar-refractivity contribution in [2.75, 3.05) is 12.0 Å². The van der Waals surface area contributed by atoms with Gasteiger partial charge in [-0.3, -0.25) is 33.8 Å². The highest BCUT2D eigenvalue weighted by molar-refractivity contribution is 7.98. The molecule has 1 heterocycles. The van der Waals surface area contributed by atoms with Crippen molar-refractivity contribution in [3.63, 3.8) is 0 Å². The Bertz CT molecular complexity index is 2560. The van der Waals surface area contributed by atoms with Crippen molar-refractivity contribution >= 4 is 77.1 Å². The number of phosphoric ester groups is 1. The van der Waals surface area contributed by atoms with Gasteiger partial charge in [0, 0.05) is 25.3 Å². The topological polar surface area (TPSA) is 241 Å². The maximum absolute atomic E-state index is 14.9. The standard InChI is InChI=1S/C46H50N5O11PS/c1-28-21-39(49-42(53)37(47-27-52)19-20-64-2)45(56)51(28)41(26-31-12-16-33-8-4-6-10-35(33)23-31)44(55)48-38(25-30-11-15-32-7-3-5-9-34(32)22-30)43(54)50-40(46(57)58)24-29-13-17-36(18-14-29)62-63(59,60)61/h3-18,22-23,27-28,37-41H,19-21,24-26H2,1-2H3,(H,47,52)(H,48,55)(H,49,53)(H,50,54)(H,57,58)(H2,59,60,61)/t28?,37-,38?,39-,40?,41?/m0/s1. The maximum atomic E-state index is 14.9. The van der Waals surface area contributed by atoms with Gasteiger partial charge in [0.1, 0.15) is 36.0 Å². The summed E-state index contributed by atoms with van der Waals surface area (Å²) in [7, 11) is -4.84. The van der Waals surface area contributed by atoms with Crippen molar-refractivity contribution in [3.05, 3.63) is 126 Å². The molecule has 5 amide bonds. The average Bonchev–Trinajstić information content (AvgIpc) is 3.54. The zero-order valence-corrected chi connectivity index (χ0v) is 36.8. The zero-order chi connectivity index (χ0) is 46.0. The van der Waals surface area contributed by atoms with Gasteiger partial charge in [-0.05, 0) is 82.1 Å². The molecule has 4 unspecified atom stereocenters. The minimum atomic E-state index is -4.84. The molecule has 1 saturated heterocycles. The number of amides is 5. The van der Waals surface area contributed by atoms with Gasteiger partial charge in [0.25, 0.3) is 0 Å². The summed E-state index contributed by atoms with van der Waals surface area (Å²) in [5.41, 5.74) is 1.78. The Balaban J connectivity index is 1.31. The van der Waals surface area contributed by atoms with Crippen LogP contribution in [0.5, 0.6) is 5.75 Å². The number of thioether (sulfide) groups is 1. The first kappa shape index (κ1) is 47.2. The predicted octanol–water partition coefficient (Wildman–Crippen LogP) is 3.89. The van der Waals surface area contributed by atoms with E-state index in [9.17, 15) is 38.4 Å². The monoisotopic (exact) mass is 911 g/mol. The molecule has 0 saturated carbocycles. The third kappa shape index (κ3) is 12.5.